The third kappa shape index (κ3) is 5.85. The molecule has 0 saturated heterocycles. The predicted octanol–water partition coefficient (Wildman–Crippen LogP) is -2.06. The van der Waals surface area contributed by atoms with E-state index in [1.807, 2.05) is 0 Å². The van der Waals surface area contributed by atoms with Gasteiger partial charge in [0.1, 0.15) is 6.54 Å². The summed E-state index contributed by atoms with van der Waals surface area (Å²) in [6, 6.07) is 0. The number of carboxylic acid groups (broad SMARTS) is 1. The molecule has 0 radical (unpaired) electrons. The van der Waals surface area contributed by atoms with Crippen molar-refractivity contribution in [2.24, 2.45) is 0 Å². The summed E-state index contributed by atoms with van der Waals surface area (Å²) >= 11 is 0. The van der Waals surface area contributed by atoms with E-state index < -0.39 is 24.5 Å². The number of ketones is 1. The minimum Gasteiger partial charge on any atom is -0.544 e. The SMILES string of the molecule is O=C([O-])C[NH2+]/C=C/C(=O)C(F)(F)F. The van der Waals surface area contributed by atoms with Gasteiger partial charge in [-0.15, -0.1) is 0 Å². The topological polar surface area (TPSA) is 73.8 Å². The van der Waals surface area contributed by atoms with Gasteiger partial charge in [-0.1, -0.05) is 0 Å². The Morgan fingerprint density at radius 3 is 2.31 bits per heavy atom. The first kappa shape index (κ1) is 11.6. The summed E-state index contributed by atoms with van der Waals surface area (Å²) in [5.41, 5.74) is 0. The number of hydrogen-bond donors (Lipinski definition) is 1. The molecule has 0 amide bonds. The molecule has 0 unspecified atom stereocenters. The maximum atomic E-state index is 11.5. The van der Waals surface area contributed by atoms with Crippen LogP contribution >= 0.6 is 0 Å². The molecule has 0 aromatic rings. The van der Waals surface area contributed by atoms with Gasteiger partial charge in [0.25, 0.3) is 5.78 Å². The van der Waals surface area contributed by atoms with Crippen LogP contribution in [-0.2, 0) is 9.59 Å². The van der Waals surface area contributed by atoms with Crippen molar-refractivity contribution in [2.45, 2.75) is 6.18 Å². The van der Waals surface area contributed by atoms with Gasteiger partial charge in [0, 0.05) is 6.08 Å². The Balaban J connectivity index is 3.86. The number of hydrogen-bond acceptors (Lipinski definition) is 3. The second kappa shape index (κ2) is 4.61. The minimum absolute atomic E-state index is 0.253. The van der Waals surface area contributed by atoms with E-state index in [0.29, 0.717) is 0 Å². The first-order valence-electron chi connectivity index (χ1n) is 3.15. The van der Waals surface area contributed by atoms with Crippen molar-refractivity contribution in [3.05, 3.63) is 12.3 Å². The lowest BCUT2D eigenvalue weighted by molar-refractivity contribution is -0.584. The van der Waals surface area contributed by atoms with Crippen LogP contribution in [0, 0.1) is 0 Å². The Kier molecular flexibility index (Phi) is 4.12. The van der Waals surface area contributed by atoms with E-state index in [1.165, 1.54) is 0 Å². The number of allylic oxidation sites excluding steroid dienone is 1. The molecule has 0 saturated carbocycles. The van der Waals surface area contributed by atoms with Crippen LogP contribution in [0.2, 0.25) is 0 Å². The Morgan fingerprint density at radius 1 is 1.38 bits per heavy atom. The highest BCUT2D eigenvalue weighted by atomic mass is 19.4. The first-order valence-corrected chi connectivity index (χ1v) is 3.15. The highest BCUT2D eigenvalue weighted by Gasteiger charge is 2.36. The molecule has 0 aromatic heterocycles. The summed E-state index contributed by atoms with van der Waals surface area (Å²) in [6.45, 7) is -0.526. The zero-order chi connectivity index (χ0) is 10.5. The number of halogens is 3. The largest absolute Gasteiger partial charge is 0.544 e. The molecule has 4 nitrogen and oxygen atoms in total. The molecule has 74 valence electrons. The van der Waals surface area contributed by atoms with Crippen LogP contribution in [0.4, 0.5) is 13.2 Å². The van der Waals surface area contributed by atoms with E-state index >= 15 is 0 Å². The number of carbonyl (C=O) groups excluding carboxylic acids is 2. The smallest absolute Gasteiger partial charge is 0.454 e. The van der Waals surface area contributed by atoms with Crippen molar-refractivity contribution in [1.29, 1.82) is 0 Å². The Bertz CT molecular complexity index is 234. The van der Waals surface area contributed by atoms with E-state index in [4.69, 9.17) is 0 Å². The maximum absolute atomic E-state index is 11.5. The molecule has 0 spiro atoms. The molecular weight excluding hydrogens is 191 g/mol. The number of nitrogens with two attached hydrogens (primary N) is 1. The molecule has 0 heterocycles. The van der Waals surface area contributed by atoms with Gasteiger partial charge in [0.05, 0.1) is 12.2 Å². The van der Waals surface area contributed by atoms with E-state index in [2.05, 4.69) is 0 Å². The number of carboxylic acids is 1. The molecule has 0 atom stereocenters. The average Bonchev–Trinajstić information content (AvgIpc) is 1.95. The lowest BCUT2D eigenvalue weighted by Crippen LogP contribution is -2.81. The van der Waals surface area contributed by atoms with E-state index in [-0.39, 0.29) is 6.08 Å². The molecule has 0 aromatic carbocycles. The van der Waals surface area contributed by atoms with Gasteiger partial charge in [0.15, 0.2) is 0 Å². The highest BCUT2D eigenvalue weighted by Crippen LogP contribution is 2.15. The molecule has 0 aliphatic carbocycles. The molecular formula is C6H6F3NO3. The summed E-state index contributed by atoms with van der Waals surface area (Å²) in [7, 11) is 0. The van der Waals surface area contributed by atoms with Gasteiger partial charge in [-0.2, -0.15) is 13.2 Å². The van der Waals surface area contributed by atoms with E-state index in [0.717, 1.165) is 11.5 Å². The van der Waals surface area contributed by atoms with Crippen molar-refractivity contribution in [1.82, 2.24) is 0 Å². The lowest BCUT2D eigenvalue weighted by atomic mass is 10.4. The predicted molar refractivity (Wildman–Crippen MR) is 32.0 cm³/mol. The van der Waals surface area contributed by atoms with Crippen LogP contribution in [0.5, 0.6) is 0 Å². The van der Waals surface area contributed by atoms with Gasteiger partial charge < -0.3 is 15.2 Å². The standard InChI is InChI=1S/C6H6F3NO3/c7-6(8,9)4(11)1-2-10-3-5(12)13/h1-2,10H,3H2,(H,12,13)/b2-1+. The van der Waals surface area contributed by atoms with Crippen molar-refractivity contribution in [3.8, 4) is 0 Å². The van der Waals surface area contributed by atoms with Crippen molar-refractivity contribution in [2.75, 3.05) is 6.54 Å². The lowest BCUT2D eigenvalue weighted by Gasteiger charge is -1.99. The highest BCUT2D eigenvalue weighted by molar-refractivity contribution is 5.94. The second-order valence-corrected chi connectivity index (χ2v) is 2.03. The van der Waals surface area contributed by atoms with Gasteiger partial charge >= 0.3 is 6.18 Å². The Morgan fingerprint density at radius 2 is 1.92 bits per heavy atom. The molecule has 0 bridgehead atoms. The second-order valence-electron chi connectivity index (χ2n) is 2.03. The summed E-state index contributed by atoms with van der Waals surface area (Å²) in [4.78, 5) is 19.9. The maximum Gasteiger partial charge on any atom is 0.454 e. The molecule has 0 aliphatic rings. The van der Waals surface area contributed by atoms with E-state index in [9.17, 15) is 27.9 Å². The zero-order valence-electron chi connectivity index (χ0n) is 6.30. The minimum atomic E-state index is -4.91. The van der Waals surface area contributed by atoms with Crippen molar-refractivity contribution < 1.29 is 33.2 Å². The normalized spacial score (nSPS) is 11.9. The van der Waals surface area contributed by atoms with Crippen LogP contribution in [0.3, 0.4) is 0 Å². The summed E-state index contributed by atoms with van der Waals surface area (Å²) < 4.78 is 34.5. The van der Waals surface area contributed by atoms with Crippen LogP contribution in [-0.4, -0.2) is 24.5 Å². The fraction of sp³-hybridized carbons (Fsp3) is 0.333. The molecule has 13 heavy (non-hydrogen) atoms. The molecule has 0 fully saturated rings. The summed E-state index contributed by atoms with van der Waals surface area (Å²) in [5, 5.41) is 10.6. The third-order valence-electron chi connectivity index (χ3n) is 0.948. The molecule has 0 aliphatic heterocycles. The fourth-order valence-electron chi connectivity index (χ4n) is 0.414. The zero-order valence-corrected chi connectivity index (χ0v) is 6.30. The Hall–Kier alpha value is -1.37. The number of aliphatic carboxylic acids is 1. The number of carbonyl (C=O) groups is 2. The van der Waals surface area contributed by atoms with Crippen LogP contribution < -0.4 is 10.4 Å². The molecule has 2 N–H and O–H groups in total. The number of rotatable bonds is 4. The van der Waals surface area contributed by atoms with Crippen LogP contribution in [0.15, 0.2) is 12.3 Å². The van der Waals surface area contributed by atoms with E-state index in [1.54, 1.807) is 0 Å². The monoisotopic (exact) mass is 197 g/mol. The van der Waals surface area contributed by atoms with Crippen molar-refractivity contribution in [3.63, 3.8) is 0 Å². The van der Waals surface area contributed by atoms with Gasteiger partial charge in [0.2, 0.25) is 0 Å². The van der Waals surface area contributed by atoms with Gasteiger partial charge in [-0.3, -0.25) is 4.79 Å². The van der Waals surface area contributed by atoms with Crippen molar-refractivity contribution >= 4 is 11.8 Å². The van der Waals surface area contributed by atoms with Gasteiger partial charge in [-0.25, -0.2) is 0 Å². The molecule has 0 rings (SSSR count). The van der Waals surface area contributed by atoms with Crippen LogP contribution in [0.1, 0.15) is 0 Å². The molecule has 7 heteroatoms. The third-order valence-corrected chi connectivity index (χ3v) is 0.948. The average molecular weight is 197 g/mol. The summed E-state index contributed by atoms with van der Waals surface area (Å²) in [5.74, 6) is -3.45. The fourth-order valence-corrected chi connectivity index (χ4v) is 0.414. The number of alkyl halides is 3. The quantitative estimate of drug-likeness (QED) is 0.527. The first-order chi connectivity index (χ1) is 5.84. The van der Waals surface area contributed by atoms with Crippen LogP contribution in [0.25, 0.3) is 0 Å². The Labute approximate surface area is 71.0 Å². The van der Waals surface area contributed by atoms with Gasteiger partial charge in [-0.05, 0) is 0 Å². The summed E-state index contributed by atoms with van der Waals surface area (Å²) in [6.07, 6.45) is -3.93. The number of quaternary nitrogens is 1.